The quantitative estimate of drug-likeness (QED) is 0.167. The number of para-hydroxylation sites is 4. The fourth-order valence-electron chi connectivity index (χ4n) is 12.2. The lowest BCUT2D eigenvalue weighted by Crippen LogP contribution is -2.14. The van der Waals surface area contributed by atoms with Gasteiger partial charge in [-0.2, -0.15) is 10.5 Å². The van der Waals surface area contributed by atoms with E-state index in [4.69, 9.17) is 4.42 Å². The molecule has 0 aliphatic heterocycles. The molecule has 15 aromatic rings. The second kappa shape index (κ2) is 15.8. The van der Waals surface area contributed by atoms with Crippen LogP contribution in [0.2, 0.25) is 0 Å². The Morgan fingerprint density at radius 2 is 1.07 bits per heavy atom. The van der Waals surface area contributed by atoms with Crippen LogP contribution in [0.1, 0.15) is 29.3 Å². The van der Waals surface area contributed by atoms with E-state index in [2.05, 4.69) is 208 Å². The summed E-state index contributed by atoms with van der Waals surface area (Å²) in [4.78, 5) is 0. The molecule has 0 unspecified atom stereocenters. The van der Waals surface area contributed by atoms with Crippen LogP contribution in [-0.4, -0.2) is 13.7 Å². The standard InChI is InChI=1S/C67H39N5OS/c1-3-17-53-41(4-2)43-20-7-12-25-54(43)70(53)66-51(37-68)65(72-57-32-30-39-18-5-6-19-42(39)64(57)50-36-60-48(35-58(50)72)46-23-10-15-28-59(46)73-60)52(38-69)67(71-55-26-13-8-21-44(55)45-22-9-14-27-56(45)71)63(66)40-31-33-62-49(34-40)47-24-11-16-29-61(47)74-62/h3-36H,2H2,1H3/b17-3-. The SMILES string of the molecule is C=Cc1c(/C=C\C)n(-c2c(C#N)c(-n3c4cc5c(cc4c4c6ccccc6ccc43)oc3ccccc35)c(C#N)c(-n3c4ccccc4c4ccccc43)c2-c2ccc3sc4ccccc4c3c2)c2ccccc12. The highest BCUT2D eigenvalue weighted by Gasteiger charge is 2.34. The number of hydrogen-bond acceptors (Lipinski definition) is 4. The third-order valence-electron chi connectivity index (χ3n) is 15.2. The molecule has 0 amide bonds. The normalized spacial score (nSPS) is 12.1. The van der Waals surface area contributed by atoms with Gasteiger partial charge in [0.05, 0.1) is 50.3 Å². The Kier molecular flexibility index (Phi) is 8.92. The first-order valence-electron chi connectivity index (χ1n) is 24.7. The van der Waals surface area contributed by atoms with Gasteiger partial charge in [-0.25, -0.2) is 0 Å². The van der Waals surface area contributed by atoms with Gasteiger partial charge in [0.1, 0.15) is 34.4 Å². The summed E-state index contributed by atoms with van der Waals surface area (Å²) in [5.74, 6) is 0. The summed E-state index contributed by atoms with van der Waals surface area (Å²) in [6.07, 6.45) is 6.08. The number of hydrogen-bond donors (Lipinski definition) is 0. The van der Waals surface area contributed by atoms with Crippen LogP contribution in [0.25, 0.3) is 148 Å². The molecule has 0 aliphatic carbocycles. The van der Waals surface area contributed by atoms with Crippen molar-refractivity contribution in [1.82, 2.24) is 13.7 Å². The lowest BCUT2D eigenvalue weighted by atomic mass is 9.90. The Morgan fingerprint density at radius 1 is 0.473 bits per heavy atom. The largest absolute Gasteiger partial charge is 0.456 e. The van der Waals surface area contributed by atoms with Gasteiger partial charge in [0.2, 0.25) is 0 Å². The van der Waals surface area contributed by atoms with E-state index in [-0.39, 0.29) is 0 Å². The van der Waals surface area contributed by atoms with Crippen LogP contribution in [0.15, 0.2) is 205 Å². The Morgan fingerprint density at radius 3 is 1.78 bits per heavy atom. The monoisotopic (exact) mass is 961 g/mol. The number of allylic oxidation sites excluding steroid dienone is 1. The molecule has 10 aromatic carbocycles. The third kappa shape index (κ3) is 5.62. The zero-order chi connectivity index (χ0) is 49.3. The maximum absolute atomic E-state index is 12.5. The number of nitriles is 2. The molecule has 0 saturated carbocycles. The number of benzene rings is 10. The van der Waals surface area contributed by atoms with E-state index in [0.717, 1.165) is 125 Å². The topological polar surface area (TPSA) is 75.5 Å². The lowest BCUT2D eigenvalue weighted by molar-refractivity contribution is 0.669. The van der Waals surface area contributed by atoms with Crippen molar-refractivity contribution in [3.05, 3.63) is 223 Å². The first-order valence-corrected chi connectivity index (χ1v) is 25.5. The number of furan rings is 1. The van der Waals surface area contributed by atoms with Gasteiger partial charge in [0.25, 0.3) is 0 Å². The fourth-order valence-corrected chi connectivity index (χ4v) is 13.3. The summed E-state index contributed by atoms with van der Waals surface area (Å²) >= 11 is 1.76. The molecule has 344 valence electrons. The summed E-state index contributed by atoms with van der Waals surface area (Å²) in [7, 11) is 0. The van der Waals surface area contributed by atoms with Crippen LogP contribution in [-0.2, 0) is 0 Å². The van der Waals surface area contributed by atoms with E-state index in [1.165, 1.54) is 4.70 Å². The molecule has 0 N–H and O–H groups in total. The molecule has 0 atom stereocenters. The summed E-state index contributed by atoms with van der Waals surface area (Å²) in [5.41, 5.74) is 12.0. The predicted molar refractivity (Wildman–Crippen MR) is 309 cm³/mol. The van der Waals surface area contributed by atoms with Gasteiger partial charge in [0.15, 0.2) is 0 Å². The van der Waals surface area contributed by atoms with Crippen molar-refractivity contribution in [2.45, 2.75) is 6.92 Å². The van der Waals surface area contributed by atoms with Crippen LogP contribution < -0.4 is 0 Å². The summed E-state index contributed by atoms with van der Waals surface area (Å²) in [5, 5.41) is 36.4. The van der Waals surface area contributed by atoms with Crippen LogP contribution in [0.5, 0.6) is 0 Å². The van der Waals surface area contributed by atoms with Crippen molar-refractivity contribution < 1.29 is 4.42 Å². The molecule has 74 heavy (non-hydrogen) atoms. The smallest absolute Gasteiger partial charge is 0.136 e. The molecule has 5 aromatic heterocycles. The van der Waals surface area contributed by atoms with E-state index < -0.39 is 0 Å². The summed E-state index contributed by atoms with van der Waals surface area (Å²) < 4.78 is 15.7. The van der Waals surface area contributed by atoms with Crippen LogP contribution in [0.3, 0.4) is 0 Å². The number of rotatable bonds is 6. The fraction of sp³-hybridized carbons (Fsp3) is 0.0149. The highest BCUT2D eigenvalue weighted by molar-refractivity contribution is 7.25. The average Bonchev–Trinajstić information content (AvgIpc) is 4.32. The highest BCUT2D eigenvalue weighted by atomic mass is 32.1. The molecule has 0 aliphatic rings. The molecule has 5 heterocycles. The molecular formula is C67H39N5OS. The summed E-state index contributed by atoms with van der Waals surface area (Å²) in [6, 6.07) is 71.4. The van der Waals surface area contributed by atoms with Gasteiger partial charge >= 0.3 is 0 Å². The predicted octanol–water partition coefficient (Wildman–Crippen LogP) is 18.3. The molecule has 0 spiro atoms. The number of fused-ring (bicyclic) bond motifs is 15. The number of nitrogens with zero attached hydrogens (tertiary/aromatic N) is 5. The molecule has 6 nitrogen and oxygen atoms in total. The van der Waals surface area contributed by atoms with Gasteiger partial charge in [-0.15, -0.1) is 11.3 Å². The first kappa shape index (κ1) is 41.8. The van der Waals surface area contributed by atoms with E-state index in [9.17, 15) is 10.5 Å². The van der Waals surface area contributed by atoms with Crippen molar-refractivity contribution in [1.29, 1.82) is 10.5 Å². The Hall–Kier alpha value is -9.92. The molecule has 15 rings (SSSR count). The zero-order valence-electron chi connectivity index (χ0n) is 39.9. The van der Waals surface area contributed by atoms with Gasteiger partial charge in [-0.05, 0) is 90.0 Å². The Bertz CT molecular complexity index is 5040. The minimum absolute atomic E-state index is 0.350. The van der Waals surface area contributed by atoms with Crippen molar-refractivity contribution >= 4 is 131 Å². The molecule has 7 heteroatoms. The van der Waals surface area contributed by atoms with Gasteiger partial charge in [0, 0.05) is 69.0 Å². The highest BCUT2D eigenvalue weighted by Crippen LogP contribution is 2.51. The van der Waals surface area contributed by atoms with Crippen LogP contribution in [0.4, 0.5) is 0 Å². The van der Waals surface area contributed by atoms with Crippen molar-refractivity contribution in [2.75, 3.05) is 0 Å². The first-order chi connectivity index (χ1) is 36.6. The minimum atomic E-state index is 0.350. The minimum Gasteiger partial charge on any atom is -0.456 e. The third-order valence-corrected chi connectivity index (χ3v) is 16.3. The molecule has 0 bridgehead atoms. The van der Waals surface area contributed by atoms with E-state index in [1.54, 1.807) is 11.3 Å². The zero-order valence-corrected chi connectivity index (χ0v) is 40.7. The van der Waals surface area contributed by atoms with Gasteiger partial charge in [-0.3, -0.25) is 0 Å². The average molecular weight is 962 g/mol. The van der Waals surface area contributed by atoms with E-state index in [1.807, 2.05) is 37.3 Å². The van der Waals surface area contributed by atoms with E-state index >= 15 is 0 Å². The second-order valence-corrected chi connectivity index (χ2v) is 20.0. The van der Waals surface area contributed by atoms with Crippen LogP contribution in [0, 0.1) is 22.7 Å². The number of aromatic nitrogens is 3. The number of thiophene rings is 1. The second-order valence-electron chi connectivity index (χ2n) is 18.9. The molecular weight excluding hydrogens is 923 g/mol. The maximum Gasteiger partial charge on any atom is 0.136 e. The van der Waals surface area contributed by atoms with E-state index in [0.29, 0.717) is 28.2 Å². The van der Waals surface area contributed by atoms with Crippen molar-refractivity contribution in [3.63, 3.8) is 0 Å². The van der Waals surface area contributed by atoms with Gasteiger partial charge < -0.3 is 18.1 Å². The maximum atomic E-state index is 12.5. The van der Waals surface area contributed by atoms with Crippen LogP contribution >= 0.6 is 11.3 Å². The summed E-state index contributed by atoms with van der Waals surface area (Å²) in [6.45, 7) is 6.41. The molecule has 0 saturated heterocycles. The molecule has 0 fully saturated rings. The Balaban J connectivity index is 1.25. The molecule has 0 radical (unpaired) electrons. The van der Waals surface area contributed by atoms with Crippen molar-refractivity contribution in [3.8, 4) is 40.3 Å². The van der Waals surface area contributed by atoms with Crippen molar-refractivity contribution in [2.24, 2.45) is 0 Å². The Labute approximate surface area is 427 Å². The van der Waals surface area contributed by atoms with Gasteiger partial charge in [-0.1, -0.05) is 146 Å². The lowest BCUT2D eigenvalue weighted by Gasteiger charge is -2.26.